The fourth-order valence-electron chi connectivity index (χ4n) is 3.04. The number of piperidine rings is 1. The van der Waals surface area contributed by atoms with E-state index in [0.29, 0.717) is 30.2 Å². The van der Waals surface area contributed by atoms with E-state index in [-0.39, 0.29) is 17.4 Å². The largest absolute Gasteiger partial charge is 0.342 e. The second-order valence-corrected chi connectivity index (χ2v) is 6.27. The molecule has 1 amide bonds. The number of pyridine rings is 1. The van der Waals surface area contributed by atoms with Gasteiger partial charge in [-0.15, -0.1) is 0 Å². The predicted molar refractivity (Wildman–Crippen MR) is 88.6 cm³/mol. The van der Waals surface area contributed by atoms with E-state index in [2.05, 4.69) is 15.1 Å². The number of rotatable bonds is 4. The summed E-state index contributed by atoms with van der Waals surface area (Å²) in [6, 6.07) is 3.50. The predicted octanol–water partition coefficient (Wildman–Crippen LogP) is 2.24. The number of hydrogen-bond donors (Lipinski definition) is 1. The monoisotopic (exact) mass is 330 g/mol. The SMILES string of the molecule is CCCC(=O)N1CCCC(c2nc(-c3ccc(C)[nH]c3=O)no2)C1. The van der Waals surface area contributed by atoms with E-state index in [0.717, 1.165) is 31.5 Å². The van der Waals surface area contributed by atoms with Crippen molar-refractivity contribution in [3.63, 3.8) is 0 Å². The minimum absolute atomic E-state index is 0.0327. The number of aryl methyl sites for hydroxylation is 1. The third kappa shape index (κ3) is 3.39. The maximum atomic E-state index is 12.1. The molecule has 1 N–H and O–H groups in total. The third-order valence-electron chi connectivity index (χ3n) is 4.33. The lowest BCUT2D eigenvalue weighted by Crippen LogP contribution is -2.39. The van der Waals surface area contributed by atoms with Gasteiger partial charge in [0.1, 0.15) is 0 Å². The van der Waals surface area contributed by atoms with Crippen LogP contribution in [0.3, 0.4) is 0 Å². The average Bonchev–Trinajstić information content (AvgIpc) is 3.05. The molecule has 0 aromatic carbocycles. The molecule has 1 aliphatic heterocycles. The van der Waals surface area contributed by atoms with Crippen molar-refractivity contribution in [2.75, 3.05) is 13.1 Å². The number of nitrogens with one attached hydrogen (secondary N) is 1. The Labute approximate surface area is 140 Å². The quantitative estimate of drug-likeness (QED) is 0.928. The molecule has 0 bridgehead atoms. The first kappa shape index (κ1) is 16.4. The summed E-state index contributed by atoms with van der Waals surface area (Å²) >= 11 is 0. The fourth-order valence-corrected chi connectivity index (χ4v) is 3.04. The molecule has 0 spiro atoms. The number of amides is 1. The van der Waals surface area contributed by atoms with Gasteiger partial charge in [0.2, 0.25) is 17.6 Å². The Bertz CT molecular complexity index is 780. The molecular weight excluding hydrogens is 308 g/mol. The molecule has 1 fully saturated rings. The molecule has 3 heterocycles. The molecule has 1 saturated heterocycles. The normalized spacial score (nSPS) is 17.9. The minimum atomic E-state index is -0.231. The Kier molecular flexibility index (Phi) is 4.78. The third-order valence-corrected chi connectivity index (χ3v) is 4.33. The van der Waals surface area contributed by atoms with Crippen molar-refractivity contribution in [3.8, 4) is 11.4 Å². The summed E-state index contributed by atoms with van der Waals surface area (Å²) in [6.07, 6.45) is 3.24. The second kappa shape index (κ2) is 6.98. The fraction of sp³-hybridized carbons (Fsp3) is 0.529. The number of carbonyl (C=O) groups is 1. The molecule has 128 valence electrons. The highest BCUT2D eigenvalue weighted by Gasteiger charge is 2.28. The summed E-state index contributed by atoms with van der Waals surface area (Å²) in [5.41, 5.74) is 0.945. The zero-order valence-corrected chi connectivity index (χ0v) is 14.0. The highest BCUT2D eigenvalue weighted by atomic mass is 16.5. The molecule has 0 radical (unpaired) electrons. The van der Waals surface area contributed by atoms with E-state index in [4.69, 9.17) is 4.52 Å². The van der Waals surface area contributed by atoms with Crippen LogP contribution in [0.25, 0.3) is 11.4 Å². The van der Waals surface area contributed by atoms with Crippen LogP contribution in [-0.4, -0.2) is 39.0 Å². The van der Waals surface area contributed by atoms with Gasteiger partial charge in [-0.3, -0.25) is 9.59 Å². The van der Waals surface area contributed by atoms with Crippen molar-refractivity contribution >= 4 is 5.91 Å². The summed E-state index contributed by atoms with van der Waals surface area (Å²) in [4.78, 5) is 33.1. The molecule has 2 aromatic heterocycles. The van der Waals surface area contributed by atoms with Crippen molar-refractivity contribution < 1.29 is 9.32 Å². The van der Waals surface area contributed by atoms with Crippen molar-refractivity contribution in [2.24, 2.45) is 0 Å². The number of aromatic amines is 1. The highest BCUT2D eigenvalue weighted by molar-refractivity contribution is 5.76. The molecule has 0 aliphatic carbocycles. The molecule has 7 heteroatoms. The highest BCUT2D eigenvalue weighted by Crippen LogP contribution is 2.27. The molecular formula is C17H22N4O3. The van der Waals surface area contributed by atoms with Crippen LogP contribution in [0.4, 0.5) is 0 Å². The summed E-state index contributed by atoms with van der Waals surface area (Å²) < 4.78 is 5.38. The van der Waals surface area contributed by atoms with Crippen LogP contribution < -0.4 is 5.56 Å². The standard InChI is InChI=1S/C17H22N4O3/c1-3-5-14(22)21-9-4-6-12(10-21)17-19-15(20-24-17)13-8-7-11(2)18-16(13)23/h7-8,12H,3-6,9-10H2,1-2H3,(H,18,23). The molecule has 0 saturated carbocycles. The summed E-state index contributed by atoms with van der Waals surface area (Å²) in [5, 5.41) is 3.95. The van der Waals surface area contributed by atoms with E-state index in [1.165, 1.54) is 0 Å². The summed E-state index contributed by atoms with van der Waals surface area (Å²) in [7, 11) is 0. The van der Waals surface area contributed by atoms with E-state index < -0.39 is 0 Å². The Balaban J connectivity index is 1.77. The van der Waals surface area contributed by atoms with Crippen LogP contribution in [0, 0.1) is 6.92 Å². The molecule has 1 unspecified atom stereocenters. The first-order valence-corrected chi connectivity index (χ1v) is 8.40. The number of hydrogen-bond acceptors (Lipinski definition) is 5. The Morgan fingerprint density at radius 2 is 2.29 bits per heavy atom. The molecule has 2 aromatic rings. The van der Waals surface area contributed by atoms with Gasteiger partial charge in [0, 0.05) is 25.2 Å². The molecule has 24 heavy (non-hydrogen) atoms. The van der Waals surface area contributed by atoms with Crippen LogP contribution in [0.2, 0.25) is 0 Å². The van der Waals surface area contributed by atoms with Gasteiger partial charge in [-0.05, 0) is 38.3 Å². The lowest BCUT2D eigenvalue weighted by molar-refractivity contribution is -0.132. The minimum Gasteiger partial charge on any atom is -0.342 e. The lowest BCUT2D eigenvalue weighted by Gasteiger charge is -2.31. The van der Waals surface area contributed by atoms with Crippen LogP contribution in [0.5, 0.6) is 0 Å². The van der Waals surface area contributed by atoms with Crippen LogP contribution in [-0.2, 0) is 4.79 Å². The first-order valence-electron chi connectivity index (χ1n) is 8.40. The van der Waals surface area contributed by atoms with E-state index in [1.807, 2.05) is 18.7 Å². The van der Waals surface area contributed by atoms with E-state index >= 15 is 0 Å². The van der Waals surface area contributed by atoms with Crippen molar-refractivity contribution in [3.05, 3.63) is 34.1 Å². The first-order chi connectivity index (χ1) is 11.6. The Hall–Kier alpha value is -2.44. The topological polar surface area (TPSA) is 92.1 Å². The lowest BCUT2D eigenvalue weighted by atomic mass is 9.97. The maximum Gasteiger partial charge on any atom is 0.259 e. The molecule has 7 nitrogen and oxygen atoms in total. The van der Waals surface area contributed by atoms with Gasteiger partial charge >= 0.3 is 0 Å². The zero-order valence-electron chi connectivity index (χ0n) is 14.0. The van der Waals surface area contributed by atoms with Crippen molar-refractivity contribution in [1.29, 1.82) is 0 Å². The number of carbonyl (C=O) groups excluding carboxylic acids is 1. The molecule has 1 aliphatic rings. The van der Waals surface area contributed by atoms with Gasteiger partial charge in [-0.1, -0.05) is 12.1 Å². The van der Waals surface area contributed by atoms with Gasteiger partial charge in [0.15, 0.2) is 0 Å². The molecule has 3 rings (SSSR count). The Morgan fingerprint density at radius 1 is 1.46 bits per heavy atom. The van der Waals surface area contributed by atoms with Crippen molar-refractivity contribution in [1.82, 2.24) is 20.0 Å². The number of likely N-dealkylation sites (tertiary alicyclic amines) is 1. The second-order valence-electron chi connectivity index (χ2n) is 6.27. The van der Waals surface area contributed by atoms with E-state index in [1.54, 1.807) is 12.1 Å². The number of aromatic nitrogens is 3. The smallest absolute Gasteiger partial charge is 0.259 e. The van der Waals surface area contributed by atoms with Gasteiger partial charge in [-0.25, -0.2) is 0 Å². The van der Waals surface area contributed by atoms with Crippen LogP contribution >= 0.6 is 0 Å². The van der Waals surface area contributed by atoms with Crippen LogP contribution in [0.1, 0.15) is 50.1 Å². The van der Waals surface area contributed by atoms with Gasteiger partial charge in [0.25, 0.3) is 5.56 Å². The van der Waals surface area contributed by atoms with Gasteiger partial charge in [0.05, 0.1) is 11.5 Å². The number of H-pyrrole nitrogens is 1. The molecule has 1 atom stereocenters. The van der Waals surface area contributed by atoms with Gasteiger partial charge in [-0.2, -0.15) is 4.98 Å². The Morgan fingerprint density at radius 3 is 3.04 bits per heavy atom. The van der Waals surface area contributed by atoms with Gasteiger partial charge < -0.3 is 14.4 Å². The average molecular weight is 330 g/mol. The van der Waals surface area contributed by atoms with Crippen molar-refractivity contribution in [2.45, 2.75) is 45.4 Å². The summed E-state index contributed by atoms with van der Waals surface area (Å²) in [5.74, 6) is 1.00. The summed E-state index contributed by atoms with van der Waals surface area (Å²) in [6.45, 7) is 5.21. The van der Waals surface area contributed by atoms with Crippen LogP contribution in [0.15, 0.2) is 21.5 Å². The van der Waals surface area contributed by atoms with E-state index in [9.17, 15) is 9.59 Å². The maximum absolute atomic E-state index is 12.1. The number of nitrogens with zero attached hydrogens (tertiary/aromatic N) is 3. The zero-order chi connectivity index (χ0) is 17.1.